The van der Waals surface area contributed by atoms with Crippen LogP contribution in [0, 0.1) is 0 Å². The van der Waals surface area contributed by atoms with Crippen LogP contribution in [0.5, 0.6) is 5.75 Å². The van der Waals surface area contributed by atoms with Crippen LogP contribution < -0.4 is 15.0 Å². The smallest absolute Gasteiger partial charge is 0.124 e. The summed E-state index contributed by atoms with van der Waals surface area (Å²) in [6, 6.07) is 7.16. The Morgan fingerprint density at radius 2 is 2.14 bits per heavy atom. The summed E-state index contributed by atoms with van der Waals surface area (Å²) in [6.07, 6.45) is 0. The Labute approximate surface area is 133 Å². The molecule has 1 fully saturated rings. The van der Waals surface area contributed by atoms with E-state index in [0.717, 1.165) is 51.6 Å². The molecule has 1 atom stereocenters. The Morgan fingerprint density at radius 3 is 2.90 bits per heavy atom. The molecule has 2 aliphatic heterocycles. The highest BCUT2D eigenvalue weighted by atomic mass is 35.5. The standard InChI is InChI=1S/C16H25N3O.ClH/c1-3-18(4-2)14-5-6-16-13(9-14)11-19-8-7-17-10-15(19)12-20-16;/h5-6,9,15,17H,3-4,7-8,10-12H2,1-2H3;1H. The zero-order chi connectivity index (χ0) is 13.9. The molecule has 0 saturated carbocycles. The van der Waals surface area contributed by atoms with Gasteiger partial charge >= 0.3 is 0 Å². The second kappa shape index (κ2) is 7.34. The van der Waals surface area contributed by atoms with E-state index in [1.165, 1.54) is 11.3 Å². The lowest BCUT2D eigenvalue weighted by molar-refractivity contribution is 0.120. The van der Waals surface area contributed by atoms with Crippen molar-refractivity contribution >= 4 is 18.1 Å². The van der Waals surface area contributed by atoms with Crippen LogP contribution in [0.3, 0.4) is 0 Å². The summed E-state index contributed by atoms with van der Waals surface area (Å²) in [5.74, 6) is 1.07. The molecule has 0 aliphatic carbocycles. The van der Waals surface area contributed by atoms with Crippen molar-refractivity contribution < 1.29 is 4.74 Å². The van der Waals surface area contributed by atoms with Gasteiger partial charge in [0.2, 0.25) is 0 Å². The first-order valence-corrected chi connectivity index (χ1v) is 7.77. The molecule has 1 unspecified atom stereocenters. The molecular weight excluding hydrogens is 286 g/mol. The maximum absolute atomic E-state index is 6.02. The Bertz CT molecular complexity index is 465. The Hall–Kier alpha value is -0.970. The van der Waals surface area contributed by atoms with E-state index in [1.807, 2.05) is 0 Å². The van der Waals surface area contributed by atoms with Crippen LogP contribution in [-0.2, 0) is 6.54 Å². The van der Waals surface area contributed by atoms with Crippen molar-refractivity contribution in [2.75, 3.05) is 44.2 Å². The molecule has 2 aliphatic rings. The number of hydrogen-bond donors (Lipinski definition) is 1. The lowest BCUT2D eigenvalue weighted by Gasteiger charge is -2.33. The first-order chi connectivity index (χ1) is 9.81. The number of nitrogens with zero attached hydrogens (tertiary/aromatic N) is 2. The third-order valence-corrected chi connectivity index (χ3v) is 4.45. The topological polar surface area (TPSA) is 27.7 Å². The van der Waals surface area contributed by atoms with Crippen molar-refractivity contribution in [1.29, 1.82) is 0 Å². The molecule has 1 saturated heterocycles. The summed E-state index contributed by atoms with van der Waals surface area (Å²) in [5.41, 5.74) is 2.64. The van der Waals surface area contributed by atoms with Gasteiger partial charge in [-0.25, -0.2) is 0 Å². The van der Waals surface area contributed by atoms with E-state index >= 15 is 0 Å². The van der Waals surface area contributed by atoms with E-state index in [2.05, 4.69) is 47.2 Å². The van der Waals surface area contributed by atoms with Gasteiger partial charge in [0.15, 0.2) is 0 Å². The van der Waals surface area contributed by atoms with E-state index in [1.54, 1.807) is 0 Å². The predicted octanol–water partition coefficient (Wildman–Crippen LogP) is 2.12. The molecule has 0 aromatic heterocycles. The molecule has 1 aromatic carbocycles. The van der Waals surface area contributed by atoms with Crippen LogP contribution in [0.15, 0.2) is 18.2 Å². The molecule has 2 heterocycles. The monoisotopic (exact) mass is 311 g/mol. The molecule has 118 valence electrons. The van der Waals surface area contributed by atoms with Crippen LogP contribution in [-0.4, -0.2) is 50.3 Å². The number of ether oxygens (including phenoxy) is 1. The van der Waals surface area contributed by atoms with Crippen molar-refractivity contribution in [2.45, 2.75) is 26.4 Å². The van der Waals surface area contributed by atoms with E-state index in [-0.39, 0.29) is 12.4 Å². The number of anilines is 1. The highest BCUT2D eigenvalue weighted by molar-refractivity contribution is 5.85. The first-order valence-electron chi connectivity index (χ1n) is 7.77. The molecular formula is C16H26ClN3O. The van der Waals surface area contributed by atoms with Crippen LogP contribution in [0.2, 0.25) is 0 Å². The van der Waals surface area contributed by atoms with Crippen molar-refractivity contribution in [3.63, 3.8) is 0 Å². The van der Waals surface area contributed by atoms with E-state index in [0.29, 0.717) is 6.04 Å². The largest absolute Gasteiger partial charge is 0.492 e. The highest BCUT2D eigenvalue weighted by Gasteiger charge is 2.27. The minimum Gasteiger partial charge on any atom is -0.492 e. The van der Waals surface area contributed by atoms with Crippen molar-refractivity contribution in [3.05, 3.63) is 23.8 Å². The number of benzene rings is 1. The van der Waals surface area contributed by atoms with Gasteiger partial charge in [0.1, 0.15) is 12.4 Å². The van der Waals surface area contributed by atoms with E-state index in [4.69, 9.17) is 4.74 Å². The number of rotatable bonds is 3. The molecule has 0 bridgehead atoms. The fourth-order valence-corrected chi connectivity index (χ4v) is 3.20. The fraction of sp³-hybridized carbons (Fsp3) is 0.625. The third-order valence-electron chi connectivity index (χ3n) is 4.45. The minimum atomic E-state index is 0. The van der Waals surface area contributed by atoms with Gasteiger partial charge in [-0.3, -0.25) is 4.90 Å². The quantitative estimate of drug-likeness (QED) is 0.925. The van der Waals surface area contributed by atoms with Crippen molar-refractivity contribution in [2.24, 2.45) is 0 Å². The molecule has 0 spiro atoms. The van der Waals surface area contributed by atoms with Crippen LogP contribution >= 0.6 is 12.4 Å². The van der Waals surface area contributed by atoms with E-state index in [9.17, 15) is 0 Å². The van der Waals surface area contributed by atoms with Gasteiger partial charge < -0.3 is 15.0 Å². The molecule has 5 heteroatoms. The maximum atomic E-state index is 6.02. The fourth-order valence-electron chi connectivity index (χ4n) is 3.20. The lowest BCUT2D eigenvalue weighted by atomic mass is 10.1. The van der Waals surface area contributed by atoms with Gasteiger partial charge in [-0.2, -0.15) is 0 Å². The Balaban J connectivity index is 0.00000161. The second-order valence-corrected chi connectivity index (χ2v) is 5.60. The summed E-state index contributed by atoms with van der Waals surface area (Å²) in [5, 5.41) is 3.46. The third kappa shape index (κ3) is 3.44. The zero-order valence-electron chi connectivity index (χ0n) is 13.0. The number of fused-ring (bicyclic) bond motifs is 2. The first kappa shape index (κ1) is 16.4. The average Bonchev–Trinajstić information content (AvgIpc) is 2.67. The number of halogens is 1. The number of nitrogens with one attached hydrogen (secondary N) is 1. The van der Waals surface area contributed by atoms with Gasteiger partial charge in [0.05, 0.1) is 6.04 Å². The average molecular weight is 312 g/mol. The molecule has 1 aromatic rings. The summed E-state index contributed by atoms with van der Waals surface area (Å²) in [6.45, 7) is 11.6. The molecule has 0 amide bonds. The summed E-state index contributed by atoms with van der Waals surface area (Å²) < 4.78 is 6.02. The van der Waals surface area contributed by atoms with Crippen LogP contribution in [0.1, 0.15) is 19.4 Å². The molecule has 0 radical (unpaired) electrons. The number of hydrogen-bond acceptors (Lipinski definition) is 4. The number of piperazine rings is 1. The van der Waals surface area contributed by atoms with Crippen LogP contribution in [0.4, 0.5) is 5.69 Å². The molecule has 4 nitrogen and oxygen atoms in total. The summed E-state index contributed by atoms with van der Waals surface area (Å²) >= 11 is 0. The van der Waals surface area contributed by atoms with Gasteiger partial charge in [-0.05, 0) is 32.0 Å². The molecule has 1 N–H and O–H groups in total. The Kier molecular flexibility index (Phi) is 5.73. The maximum Gasteiger partial charge on any atom is 0.124 e. The highest BCUT2D eigenvalue weighted by Crippen LogP contribution is 2.29. The SMILES string of the molecule is CCN(CC)c1ccc2c(c1)CN1CCNCC1CO2.Cl. The van der Waals surface area contributed by atoms with Gasteiger partial charge in [-0.15, -0.1) is 12.4 Å². The predicted molar refractivity (Wildman–Crippen MR) is 89.8 cm³/mol. The second-order valence-electron chi connectivity index (χ2n) is 5.60. The van der Waals surface area contributed by atoms with Gasteiger partial charge in [0, 0.05) is 50.5 Å². The van der Waals surface area contributed by atoms with Crippen molar-refractivity contribution in [3.8, 4) is 5.75 Å². The Morgan fingerprint density at radius 1 is 1.33 bits per heavy atom. The van der Waals surface area contributed by atoms with E-state index < -0.39 is 0 Å². The summed E-state index contributed by atoms with van der Waals surface area (Å²) in [4.78, 5) is 4.94. The molecule has 3 rings (SSSR count). The molecule has 21 heavy (non-hydrogen) atoms. The minimum absolute atomic E-state index is 0. The zero-order valence-corrected chi connectivity index (χ0v) is 13.8. The van der Waals surface area contributed by atoms with Crippen LogP contribution in [0.25, 0.3) is 0 Å². The van der Waals surface area contributed by atoms with Crippen molar-refractivity contribution in [1.82, 2.24) is 10.2 Å². The summed E-state index contributed by atoms with van der Waals surface area (Å²) in [7, 11) is 0. The van der Waals surface area contributed by atoms with Gasteiger partial charge in [-0.1, -0.05) is 0 Å². The lowest BCUT2D eigenvalue weighted by Crippen LogP contribution is -2.52. The normalized spacial score (nSPS) is 21.3. The van der Waals surface area contributed by atoms with Gasteiger partial charge in [0.25, 0.3) is 0 Å².